The predicted molar refractivity (Wildman–Crippen MR) is 50.4 cm³/mol. The van der Waals surface area contributed by atoms with Gasteiger partial charge in [0.1, 0.15) is 0 Å². The first kappa shape index (κ1) is 9.96. The maximum atomic E-state index is 5.40. The Labute approximate surface area is 75.1 Å². The van der Waals surface area contributed by atoms with Crippen molar-refractivity contribution in [3.05, 3.63) is 0 Å². The minimum Gasteiger partial charge on any atom is -0.378 e. The lowest BCUT2D eigenvalue weighted by molar-refractivity contribution is 0.00587. The molecule has 3 nitrogen and oxygen atoms in total. The van der Waals surface area contributed by atoms with Gasteiger partial charge in [0.25, 0.3) is 0 Å². The Hall–Kier alpha value is -0.120. The molecule has 0 aliphatic carbocycles. The van der Waals surface area contributed by atoms with Crippen molar-refractivity contribution in [2.75, 3.05) is 33.4 Å². The van der Waals surface area contributed by atoms with Crippen LogP contribution in [-0.4, -0.2) is 50.3 Å². The SMILES string of the molecule is CC(C)NCC1COCCN1C. The second-order valence-electron chi connectivity index (χ2n) is 3.77. The van der Waals surface area contributed by atoms with Crippen LogP contribution in [-0.2, 0) is 4.74 Å². The van der Waals surface area contributed by atoms with Crippen LogP contribution in [0.3, 0.4) is 0 Å². The topological polar surface area (TPSA) is 24.5 Å². The van der Waals surface area contributed by atoms with Crippen LogP contribution in [0.15, 0.2) is 0 Å². The fourth-order valence-electron chi connectivity index (χ4n) is 1.32. The van der Waals surface area contributed by atoms with Crippen molar-refractivity contribution < 1.29 is 4.74 Å². The molecule has 0 radical (unpaired) electrons. The van der Waals surface area contributed by atoms with Crippen LogP contribution in [0.2, 0.25) is 0 Å². The van der Waals surface area contributed by atoms with Gasteiger partial charge in [-0.05, 0) is 7.05 Å². The van der Waals surface area contributed by atoms with Gasteiger partial charge < -0.3 is 10.1 Å². The van der Waals surface area contributed by atoms with Crippen molar-refractivity contribution in [2.24, 2.45) is 0 Å². The zero-order valence-corrected chi connectivity index (χ0v) is 8.34. The lowest BCUT2D eigenvalue weighted by atomic mass is 10.2. The number of hydrogen-bond acceptors (Lipinski definition) is 3. The van der Waals surface area contributed by atoms with Gasteiger partial charge in [-0.3, -0.25) is 4.90 Å². The van der Waals surface area contributed by atoms with E-state index >= 15 is 0 Å². The largest absolute Gasteiger partial charge is 0.378 e. The highest BCUT2D eigenvalue weighted by Gasteiger charge is 2.18. The van der Waals surface area contributed by atoms with Crippen molar-refractivity contribution in [1.29, 1.82) is 0 Å². The van der Waals surface area contributed by atoms with Crippen LogP contribution >= 0.6 is 0 Å². The highest BCUT2D eigenvalue weighted by Crippen LogP contribution is 2.02. The van der Waals surface area contributed by atoms with Crippen LogP contribution in [0.4, 0.5) is 0 Å². The number of ether oxygens (including phenoxy) is 1. The molecule has 0 aromatic carbocycles. The monoisotopic (exact) mass is 172 g/mol. The molecule has 1 rings (SSSR count). The number of morpholine rings is 1. The van der Waals surface area contributed by atoms with Crippen LogP contribution in [0, 0.1) is 0 Å². The molecule has 1 fully saturated rings. The van der Waals surface area contributed by atoms with E-state index in [4.69, 9.17) is 4.74 Å². The van der Waals surface area contributed by atoms with Gasteiger partial charge in [0, 0.05) is 25.2 Å². The quantitative estimate of drug-likeness (QED) is 0.663. The van der Waals surface area contributed by atoms with Gasteiger partial charge in [-0.1, -0.05) is 13.8 Å². The summed E-state index contributed by atoms with van der Waals surface area (Å²) in [5, 5.41) is 3.42. The first-order chi connectivity index (χ1) is 5.70. The van der Waals surface area contributed by atoms with Gasteiger partial charge in [0.05, 0.1) is 13.2 Å². The number of nitrogens with one attached hydrogen (secondary N) is 1. The van der Waals surface area contributed by atoms with Crippen LogP contribution in [0.5, 0.6) is 0 Å². The lowest BCUT2D eigenvalue weighted by Crippen LogP contribution is -2.49. The molecule has 0 aromatic heterocycles. The predicted octanol–water partition coefficient (Wildman–Crippen LogP) is 0.315. The van der Waals surface area contributed by atoms with Gasteiger partial charge in [-0.15, -0.1) is 0 Å². The molecule has 12 heavy (non-hydrogen) atoms. The van der Waals surface area contributed by atoms with Crippen LogP contribution < -0.4 is 5.32 Å². The molecule has 0 saturated carbocycles. The molecule has 0 aromatic rings. The third-order valence-corrected chi connectivity index (χ3v) is 2.28. The smallest absolute Gasteiger partial charge is 0.0634 e. The van der Waals surface area contributed by atoms with E-state index in [-0.39, 0.29) is 0 Å². The van der Waals surface area contributed by atoms with Crippen LogP contribution in [0.25, 0.3) is 0 Å². The fraction of sp³-hybridized carbons (Fsp3) is 1.00. The van der Waals surface area contributed by atoms with Crippen molar-refractivity contribution in [1.82, 2.24) is 10.2 Å². The Morgan fingerprint density at radius 3 is 2.92 bits per heavy atom. The summed E-state index contributed by atoms with van der Waals surface area (Å²) in [6.07, 6.45) is 0. The van der Waals surface area contributed by atoms with Gasteiger partial charge in [0.15, 0.2) is 0 Å². The summed E-state index contributed by atoms with van der Waals surface area (Å²) in [6.45, 7) is 8.19. The second kappa shape index (κ2) is 4.80. The van der Waals surface area contributed by atoms with Crippen molar-refractivity contribution >= 4 is 0 Å². The number of rotatable bonds is 3. The minimum absolute atomic E-state index is 0.557. The molecular formula is C9H20N2O. The first-order valence-corrected chi connectivity index (χ1v) is 4.71. The highest BCUT2D eigenvalue weighted by molar-refractivity contribution is 4.75. The first-order valence-electron chi connectivity index (χ1n) is 4.71. The summed E-state index contributed by atoms with van der Waals surface area (Å²) < 4.78 is 5.40. The van der Waals surface area contributed by atoms with Crippen molar-refractivity contribution in [3.8, 4) is 0 Å². The Bertz CT molecular complexity index is 128. The van der Waals surface area contributed by atoms with E-state index in [0.717, 1.165) is 26.3 Å². The third kappa shape index (κ3) is 3.09. The van der Waals surface area contributed by atoms with E-state index in [1.165, 1.54) is 0 Å². The summed E-state index contributed by atoms with van der Waals surface area (Å²) in [5.41, 5.74) is 0. The molecule has 1 unspecified atom stereocenters. The second-order valence-corrected chi connectivity index (χ2v) is 3.77. The van der Waals surface area contributed by atoms with E-state index in [1.807, 2.05) is 0 Å². The summed E-state index contributed by atoms with van der Waals surface area (Å²) in [7, 11) is 2.16. The summed E-state index contributed by atoms with van der Waals surface area (Å²) >= 11 is 0. The molecule has 1 heterocycles. The standard InChI is InChI=1S/C9H20N2O/c1-8(2)10-6-9-7-12-5-4-11(9)3/h8-10H,4-7H2,1-3H3. The molecule has 0 spiro atoms. The molecule has 1 aliphatic heterocycles. The Morgan fingerprint density at radius 2 is 2.33 bits per heavy atom. The molecule has 72 valence electrons. The van der Waals surface area contributed by atoms with E-state index in [9.17, 15) is 0 Å². The normalized spacial score (nSPS) is 26.5. The average Bonchev–Trinajstić information content (AvgIpc) is 2.03. The molecule has 1 saturated heterocycles. The van der Waals surface area contributed by atoms with Gasteiger partial charge in [-0.2, -0.15) is 0 Å². The molecule has 0 amide bonds. The van der Waals surface area contributed by atoms with Crippen molar-refractivity contribution in [2.45, 2.75) is 25.9 Å². The van der Waals surface area contributed by atoms with E-state index in [2.05, 4.69) is 31.1 Å². The Kier molecular flexibility index (Phi) is 3.98. The number of likely N-dealkylation sites (N-methyl/N-ethyl adjacent to an activating group) is 1. The summed E-state index contributed by atoms with van der Waals surface area (Å²) in [4.78, 5) is 2.36. The number of hydrogen-bond donors (Lipinski definition) is 1. The molecular weight excluding hydrogens is 152 g/mol. The summed E-state index contributed by atoms with van der Waals surface area (Å²) in [6, 6.07) is 1.13. The fourth-order valence-corrected chi connectivity index (χ4v) is 1.32. The Morgan fingerprint density at radius 1 is 1.58 bits per heavy atom. The highest BCUT2D eigenvalue weighted by atomic mass is 16.5. The summed E-state index contributed by atoms with van der Waals surface area (Å²) in [5.74, 6) is 0. The van der Waals surface area contributed by atoms with E-state index < -0.39 is 0 Å². The van der Waals surface area contributed by atoms with E-state index in [1.54, 1.807) is 0 Å². The van der Waals surface area contributed by atoms with Crippen molar-refractivity contribution in [3.63, 3.8) is 0 Å². The van der Waals surface area contributed by atoms with E-state index in [0.29, 0.717) is 12.1 Å². The minimum atomic E-state index is 0.557. The molecule has 0 bridgehead atoms. The average molecular weight is 172 g/mol. The number of nitrogens with zero attached hydrogens (tertiary/aromatic N) is 1. The van der Waals surface area contributed by atoms with Gasteiger partial charge in [0.2, 0.25) is 0 Å². The molecule has 1 atom stereocenters. The molecule has 1 N–H and O–H groups in total. The zero-order chi connectivity index (χ0) is 8.97. The van der Waals surface area contributed by atoms with Gasteiger partial charge >= 0.3 is 0 Å². The zero-order valence-electron chi connectivity index (χ0n) is 8.34. The van der Waals surface area contributed by atoms with Gasteiger partial charge in [-0.25, -0.2) is 0 Å². The maximum absolute atomic E-state index is 5.40. The molecule has 3 heteroatoms. The lowest BCUT2D eigenvalue weighted by Gasteiger charge is -2.33. The maximum Gasteiger partial charge on any atom is 0.0634 e. The third-order valence-electron chi connectivity index (χ3n) is 2.28. The molecule has 1 aliphatic rings. The van der Waals surface area contributed by atoms with Crippen LogP contribution in [0.1, 0.15) is 13.8 Å². The Balaban J connectivity index is 2.20.